The number of hydrogen-bond donors (Lipinski definition) is 0. The molecule has 0 atom stereocenters. The second kappa shape index (κ2) is 9.87. The predicted molar refractivity (Wildman–Crippen MR) is 124 cm³/mol. The van der Waals surface area contributed by atoms with Crippen molar-refractivity contribution in [2.45, 2.75) is 6.42 Å². The van der Waals surface area contributed by atoms with E-state index in [0.717, 1.165) is 59.7 Å². The number of fused-ring (bicyclic) bond motifs is 1. The van der Waals surface area contributed by atoms with Crippen molar-refractivity contribution in [2.75, 3.05) is 51.4 Å². The fourth-order valence-corrected chi connectivity index (χ4v) is 4.85. The van der Waals surface area contributed by atoms with Crippen LogP contribution in [0.3, 0.4) is 0 Å². The number of hydrogen-bond acceptors (Lipinski definition) is 6. The molecular formula is C22H24BrN3O3S. The van der Waals surface area contributed by atoms with Crippen LogP contribution < -0.4 is 9.64 Å². The minimum Gasteiger partial charge on any atom is -0.497 e. The molecule has 1 aliphatic rings. The average Bonchev–Trinajstić information content (AvgIpc) is 3.20. The number of methoxy groups -OCH3 is 1. The molecule has 1 aliphatic heterocycles. The van der Waals surface area contributed by atoms with E-state index >= 15 is 0 Å². The number of halogens is 1. The molecule has 1 aromatic heterocycles. The number of thiazole rings is 1. The van der Waals surface area contributed by atoms with Gasteiger partial charge in [0.15, 0.2) is 5.13 Å². The molecule has 0 bridgehead atoms. The normalized spacial score (nSPS) is 14.7. The number of carbonyl (C=O) groups is 1. The summed E-state index contributed by atoms with van der Waals surface area (Å²) in [5, 5.41) is 0.713. The highest BCUT2D eigenvalue weighted by molar-refractivity contribution is 9.10. The van der Waals surface area contributed by atoms with Gasteiger partial charge in [-0.25, -0.2) is 4.98 Å². The van der Waals surface area contributed by atoms with Gasteiger partial charge in [0.25, 0.3) is 5.91 Å². The van der Waals surface area contributed by atoms with Crippen LogP contribution in [-0.2, 0) is 4.74 Å². The van der Waals surface area contributed by atoms with Crippen molar-refractivity contribution in [3.63, 3.8) is 0 Å². The first-order chi connectivity index (χ1) is 14.6. The summed E-state index contributed by atoms with van der Waals surface area (Å²) in [6.45, 7) is 4.99. The van der Waals surface area contributed by atoms with Crippen LogP contribution in [-0.4, -0.2) is 62.3 Å². The first-order valence-electron chi connectivity index (χ1n) is 9.96. The zero-order valence-corrected chi connectivity index (χ0v) is 19.2. The van der Waals surface area contributed by atoms with Crippen molar-refractivity contribution in [1.29, 1.82) is 0 Å². The predicted octanol–water partition coefficient (Wildman–Crippen LogP) is 4.44. The van der Waals surface area contributed by atoms with Gasteiger partial charge in [0.1, 0.15) is 5.75 Å². The molecule has 1 amide bonds. The lowest BCUT2D eigenvalue weighted by atomic mass is 10.2. The van der Waals surface area contributed by atoms with Gasteiger partial charge < -0.3 is 9.47 Å². The van der Waals surface area contributed by atoms with E-state index in [1.165, 1.54) is 11.3 Å². The SMILES string of the molecule is COc1ccc2sc(N(CCCN3CCOCC3)C(=O)c3cccc(Br)c3)nc2c1. The number of benzene rings is 2. The Balaban J connectivity index is 1.58. The Morgan fingerprint density at radius 3 is 2.87 bits per heavy atom. The molecule has 1 saturated heterocycles. The van der Waals surface area contributed by atoms with Crippen LogP contribution >= 0.6 is 27.3 Å². The molecule has 0 unspecified atom stereocenters. The van der Waals surface area contributed by atoms with Crippen LogP contribution in [0.5, 0.6) is 5.75 Å². The van der Waals surface area contributed by atoms with E-state index < -0.39 is 0 Å². The standard InChI is InChI=1S/C22H24BrN3O3S/c1-28-18-6-7-20-19(15-18)24-22(30-20)26(9-3-8-25-10-12-29-13-11-25)21(27)16-4-2-5-17(23)14-16/h2,4-7,14-15H,3,8-13H2,1H3. The lowest BCUT2D eigenvalue weighted by Crippen LogP contribution is -2.39. The van der Waals surface area contributed by atoms with Gasteiger partial charge in [-0.1, -0.05) is 33.3 Å². The number of carbonyl (C=O) groups excluding carboxylic acids is 1. The lowest BCUT2D eigenvalue weighted by molar-refractivity contribution is 0.0376. The van der Waals surface area contributed by atoms with Gasteiger partial charge in [-0.15, -0.1) is 0 Å². The molecule has 1 fully saturated rings. The van der Waals surface area contributed by atoms with Crippen LogP contribution in [0.1, 0.15) is 16.8 Å². The number of morpholine rings is 1. The molecule has 0 spiro atoms. The largest absolute Gasteiger partial charge is 0.497 e. The first kappa shape index (κ1) is 21.2. The molecule has 0 saturated carbocycles. The number of aromatic nitrogens is 1. The third-order valence-electron chi connectivity index (χ3n) is 5.09. The molecule has 3 aromatic rings. The Kier molecular flexibility index (Phi) is 6.99. The Labute approximate surface area is 188 Å². The van der Waals surface area contributed by atoms with E-state index in [-0.39, 0.29) is 5.91 Å². The molecule has 30 heavy (non-hydrogen) atoms. The van der Waals surface area contributed by atoms with Crippen molar-refractivity contribution < 1.29 is 14.3 Å². The minimum atomic E-state index is -0.0377. The van der Waals surface area contributed by atoms with E-state index in [1.807, 2.05) is 42.5 Å². The Morgan fingerprint density at radius 2 is 2.10 bits per heavy atom. The summed E-state index contributed by atoms with van der Waals surface area (Å²) in [5.74, 6) is 0.723. The fourth-order valence-electron chi connectivity index (χ4n) is 3.48. The monoisotopic (exact) mass is 489 g/mol. The first-order valence-corrected chi connectivity index (χ1v) is 11.6. The molecule has 0 radical (unpaired) electrons. The third kappa shape index (κ3) is 5.00. The number of rotatable bonds is 7. The van der Waals surface area contributed by atoms with Gasteiger partial charge in [-0.05, 0) is 36.8 Å². The summed E-state index contributed by atoms with van der Waals surface area (Å²) in [6.07, 6.45) is 0.874. The topological polar surface area (TPSA) is 54.9 Å². The minimum absolute atomic E-state index is 0.0377. The second-order valence-electron chi connectivity index (χ2n) is 7.10. The molecule has 6 nitrogen and oxygen atoms in total. The summed E-state index contributed by atoms with van der Waals surface area (Å²) in [7, 11) is 1.64. The maximum absolute atomic E-state index is 13.4. The Hall–Kier alpha value is -2.00. The summed E-state index contributed by atoms with van der Waals surface area (Å²) >= 11 is 5.00. The zero-order valence-electron chi connectivity index (χ0n) is 16.8. The molecule has 8 heteroatoms. The quantitative estimate of drug-likeness (QED) is 0.491. The highest BCUT2D eigenvalue weighted by atomic mass is 79.9. The van der Waals surface area contributed by atoms with Crippen molar-refractivity contribution in [1.82, 2.24) is 9.88 Å². The summed E-state index contributed by atoms with van der Waals surface area (Å²) < 4.78 is 12.7. The van der Waals surface area contributed by atoms with Crippen LogP contribution in [0.2, 0.25) is 0 Å². The van der Waals surface area contributed by atoms with Gasteiger partial charge in [0.2, 0.25) is 0 Å². The van der Waals surface area contributed by atoms with Gasteiger partial charge in [-0.2, -0.15) is 0 Å². The Morgan fingerprint density at radius 1 is 1.27 bits per heavy atom. The van der Waals surface area contributed by atoms with Crippen LogP contribution in [0.25, 0.3) is 10.2 Å². The summed E-state index contributed by atoms with van der Waals surface area (Å²) in [4.78, 5) is 22.3. The number of ether oxygens (including phenoxy) is 2. The molecule has 0 aliphatic carbocycles. The van der Waals surface area contributed by atoms with Crippen LogP contribution in [0.15, 0.2) is 46.9 Å². The molecule has 4 rings (SSSR count). The van der Waals surface area contributed by atoms with E-state index in [9.17, 15) is 4.79 Å². The van der Waals surface area contributed by atoms with Gasteiger partial charge in [0, 0.05) is 42.3 Å². The molecular weight excluding hydrogens is 466 g/mol. The Bertz CT molecular complexity index is 1020. The van der Waals surface area contributed by atoms with Crippen LogP contribution in [0.4, 0.5) is 5.13 Å². The van der Waals surface area contributed by atoms with Crippen molar-refractivity contribution in [3.8, 4) is 5.75 Å². The van der Waals surface area contributed by atoms with Crippen molar-refractivity contribution in [3.05, 3.63) is 52.5 Å². The zero-order chi connectivity index (χ0) is 20.9. The van der Waals surface area contributed by atoms with Crippen molar-refractivity contribution >= 4 is 48.5 Å². The van der Waals surface area contributed by atoms with E-state index in [4.69, 9.17) is 14.5 Å². The fraction of sp³-hybridized carbons (Fsp3) is 0.364. The maximum Gasteiger partial charge on any atom is 0.260 e. The van der Waals surface area contributed by atoms with Gasteiger partial charge in [0.05, 0.1) is 30.5 Å². The number of nitrogens with zero attached hydrogens (tertiary/aromatic N) is 3. The van der Waals surface area contributed by atoms with Gasteiger partial charge in [-0.3, -0.25) is 14.6 Å². The lowest BCUT2D eigenvalue weighted by Gasteiger charge is -2.27. The van der Waals surface area contributed by atoms with Crippen molar-refractivity contribution in [2.24, 2.45) is 0 Å². The smallest absolute Gasteiger partial charge is 0.260 e. The maximum atomic E-state index is 13.4. The highest BCUT2D eigenvalue weighted by Crippen LogP contribution is 2.32. The molecule has 2 aromatic carbocycles. The summed E-state index contributed by atoms with van der Waals surface area (Å²) in [5.41, 5.74) is 1.49. The highest BCUT2D eigenvalue weighted by Gasteiger charge is 2.22. The molecule has 2 heterocycles. The summed E-state index contributed by atoms with van der Waals surface area (Å²) in [6, 6.07) is 13.3. The van der Waals surface area contributed by atoms with E-state index in [0.29, 0.717) is 17.2 Å². The molecule has 158 valence electrons. The van der Waals surface area contributed by atoms with Crippen LogP contribution in [0, 0.1) is 0 Å². The number of anilines is 1. The second-order valence-corrected chi connectivity index (χ2v) is 9.03. The molecule has 0 N–H and O–H groups in total. The van der Waals surface area contributed by atoms with E-state index in [2.05, 4.69) is 20.8 Å². The van der Waals surface area contributed by atoms with Gasteiger partial charge >= 0.3 is 0 Å². The number of amides is 1. The van der Waals surface area contributed by atoms with E-state index in [1.54, 1.807) is 12.0 Å². The third-order valence-corrected chi connectivity index (χ3v) is 6.64. The average molecular weight is 490 g/mol.